The van der Waals surface area contributed by atoms with E-state index in [2.05, 4.69) is 45.9 Å². The molecule has 2 amide bonds. The zero-order valence-electron chi connectivity index (χ0n) is 20.2. The van der Waals surface area contributed by atoms with Crippen molar-refractivity contribution in [3.8, 4) is 0 Å². The van der Waals surface area contributed by atoms with E-state index in [1.807, 2.05) is 68.4 Å². The van der Waals surface area contributed by atoms with Gasteiger partial charge in [-0.15, -0.1) is 0 Å². The molecule has 0 fully saturated rings. The van der Waals surface area contributed by atoms with Gasteiger partial charge in [0.25, 0.3) is 11.8 Å². The lowest BCUT2D eigenvalue weighted by Crippen LogP contribution is -2.29. The molecule has 5 heteroatoms. The summed E-state index contributed by atoms with van der Waals surface area (Å²) in [6.07, 6.45) is 1.50. The van der Waals surface area contributed by atoms with Crippen LogP contribution >= 0.6 is 0 Å². The number of amides is 2. The Morgan fingerprint density at radius 2 is 1.14 bits per heavy atom. The van der Waals surface area contributed by atoms with Gasteiger partial charge in [0, 0.05) is 11.8 Å². The molecule has 0 bridgehead atoms. The van der Waals surface area contributed by atoms with E-state index in [1.165, 1.54) is 12.3 Å². The van der Waals surface area contributed by atoms with E-state index in [0.717, 1.165) is 32.7 Å². The average molecular weight is 474 g/mol. The minimum atomic E-state index is -0.327. The Hall–Kier alpha value is -4.51. The van der Waals surface area contributed by atoms with E-state index in [9.17, 15) is 9.59 Å². The summed E-state index contributed by atoms with van der Waals surface area (Å²) in [5, 5.41) is 10.5. The van der Waals surface area contributed by atoms with Crippen LogP contribution in [0.2, 0.25) is 0 Å². The predicted octanol–water partition coefficient (Wildman–Crippen LogP) is 6.37. The van der Waals surface area contributed by atoms with Gasteiger partial charge in [-0.05, 0) is 58.7 Å². The van der Waals surface area contributed by atoms with E-state index in [-0.39, 0.29) is 29.6 Å². The number of rotatable bonds is 6. The lowest BCUT2D eigenvalue weighted by molar-refractivity contribution is 0.0935. The maximum Gasteiger partial charge on any atom is 0.270 e. The molecule has 0 aliphatic carbocycles. The fourth-order valence-electron chi connectivity index (χ4n) is 4.66. The molecule has 0 unspecified atom stereocenters. The quantitative estimate of drug-likeness (QED) is 0.301. The molecule has 1 heterocycles. The van der Waals surface area contributed by atoms with E-state index < -0.39 is 0 Å². The van der Waals surface area contributed by atoms with Gasteiger partial charge in [-0.2, -0.15) is 0 Å². The summed E-state index contributed by atoms with van der Waals surface area (Å²) in [5.74, 6) is -0.582. The van der Waals surface area contributed by atoms with Crippen LogP contribution in [0.5, 0.6) is 0 Å². The molecule has 5 aromatic rings. The summed E-state index contributed by atoms with van der Waals surface area (Å²) < 4.78 is 0. The van der Waals surface area contributed by atoms with Crippen molar-refractivity contribution in [1.82, 2.24) is 15.6 Å². The second-order valence-corrected chi connectivity index (χ2v) is 8.96. The van der Waals surface area contributed by atoms with Crippen LogP contribution in [0, 0.1) is 0 Å². The number of hydrogen-bond acceptors (Lipinski definition) is 3. The van der Waals surface area contributed by atoms with Crippen molar-refractivity contribution < 1.29 is 9.59 Å². The Bertz CT molecular complexity index is 1450. The van der Waals surface area contributed by atoms with Gasteiger partial charge in [0.2, 0.25) is 0 Å². The van der Waals surface area contributed by atoms with Gasteiger partial charge in [-0.25, -0.2) is 0 Å². The first-order chi connectivity index (χ1) is 17.5. The van der Waals surface area contributed by atoms with Crippen molar-refractivity contribution in [3.05, 3.63) is 126 Å². The summed E-state index contributed by atoms with van der Waals surface area (Å²) in [6.45, 7) is 3.91. The van der Waals surface area contributed by atoms with E-state index >= 15 is 0 Å². The summed E-state index contributed by atoms with van der Waals surface area (Å²) >= 11 is 0. The Morgan fingerprint density at radius 3 is 1.72 bits per heavy atom. The summed E-state index contributed by atoms with van der Waals surface area (Å²) in [6, 6.07) is 31.0. The molecular weight excluding hydrogens is 446 g/mol. The molecule has 0 aliphatic rings. The van der Waals surface area contributed by atoms with Crippen LogP contribution in [0.1, 0.15) is 57.9 Å². The molecule has 2 atom stereocenters. The van der Waals surface area contributed by atoms with Crippen LogP contribution < -0.4 is 10.6 Å². The second-order valence-electron chi connectivity index (χ2n) is 8.96. The molecule has 0 saturated heterocycles. The number of nitrogens with zero attached hydrogens (tertiary/aromatic N) is 1. The molecule has 0 aliphatic heterocycles. The van der Waals surface area contributed by atoms with Crippen LogP contribution in [0.15, 0.2) is 103 Å². The molecule has 1 aromatic heterocycles. The molecule has 178 valence electrons. The highest BCUT2D eigenvalue weighted by molar-refractivity contribution is 5.99. The van der Waals surface area contributed by atoms with Crippen molar-refractivity contribution in [3.63, 3.8) is 0 Å². The largest absolute Gasteiger partial charge is 0.345 e. The molecule has 0 saturated carbocycles. The van der Waals surface area contributed by atoms with Gasteiger partial charge in [0.1, 0.15) is 5.69 Å². The van der Waals surface area contributed by atoms with Crippen molar-refractivity contribution in [1.29, 1.82) is 0 Å². The third kappa shape index (κ3) is 4.68. The zero-order valence-corrected chi connectivity index (χ0v) is 20.2. The topological polar surface area (TPSA) is 71.1 Å². The molecule has 5 rings (SSSR count). The highest BCUT2D eigenvalue weighted by atomic mass is 16.2. The monoisotopic (exact) mass is 473 g/mol. The Kier molecular flexibility index (Phi) is 6.46. The van der Waals surface area contributed by atoms with Crippen molar-refractivity contribution in [2.75, 3.05) is 0 Å². The number of aromatic nitrogens is 1. The molecule has 2 N–H and O–H groups in total. The van der Waals surface area contributed by atoms with Crippen molar-refractivity contribution >= 4 is 33.4 Å². The van der Waals surface area contributed by atoms with Gasteiger partial charge in [-0.3, -0.25) is 14.6 Å². The van der Waals surface area contributed by atoms with E-state index in [4.69, 9.17) is 0 Å². The summed E-state index contributed by atoms with van der Waals surface area (Å²) in [5.41, 5.74) is 2.66. The zero-order chi connectivity index (χ0) is 25.1. The Balaban J connectivity index is 1.31. The highest BCUT2D eigenvalue weighted by Crippen LogP contribution is 2.25. The standard InChI is InChI=1S/C31H27N3O2/c1-20(25-15-7-11-22-9-3-5-13-27(22)25)33-30(35)24-17-18-32-29(19-24)31(36)34-21(2)26-16-8-12-23-10-4-6-14-28(23)26/h3-21H,1-2H3,(H,33,35)(H,34,36)/t20-,21+/m1/s1. The normalized spacial score (nSPS) is 12.7. The summed E-state index contributed by atoms with van der Waals surface area (Å²) in [4.78, 5) is 30.3. The molecule has 0 spiro atoms. The fourth-order valence-corrected chi connectivity index (χ4v) is 4.66. The lowest BCUT2D eigenvalue weighted by atomic mass is 9.99. The minimum absolute atomic E-state index is 0.201. The number of nitrogens with one attached hydrogen (secondary N) is 2. The SMILES string of the molecule is C[C@H](NC(=O)c1cc(C(=O)N[C@H](C)c2cccc3ccccc23)ccn1)c1cccc2ccccc12. The van der Waals surface area contributed by atoms with Gasteiger partial charge < -0.3 is 10.6 Å². The van der Waals surface area contributed by atoms with Gasteiger partial charge in [-0.1, -0.05) is 84.9 Å². The molecular formula is C31H27N3O2. The average Bonchev–Trinajstić information content (AvgIpc) is 2.92. The third-order valence-corrected chi connectivity index (χ3v) is 6.53. The fraction of sp³-hybridized carbons (Fsp3) is 0.129. The van der Waals surface area contributed by atoms with E-state index in [0.29, 0.717) is 5.56 Å². The third-order valence-electron chi connectivity index (χ3n) is 6.53. The maximum absolute atomic E-state index is 13.1. The van der Waals surface area contributed by atoms with Crippen LogP contribution in [-0.4, -0.2) is 16.8 Å². The first-order valence-corrected chi connectivity index (χ1v) is 12.0. The van der Waals surface area contributed by atoms with Gasteiger partial charge in [0.05, 0.1) is 12.1 Å². The number of carbonyl (C=O) groups is 2. The number of pyridine rings is 1. The van der Waals surface area contributed by atoms with E-state index in [1.54, 1.807) is 6.07 Å². The van der Waals surface area contributed by atoms with Crippen LogP contribution in [0.3, 0.4) is 0 Å². The molecule has 4 aromatic carbocycles. The Morgan fingerprint density at radius 1 is 0.639 bits per heavy atom. The van der Waals surface area contributed by atoms with Crippen molar-refractivity contribution in [2.24, 2.45) is 0 Å². The lowest BCUT2D eigenvalue weighted by Gasteiger charge is -2.18. The number of fused-ring (bicyclic) bond motifs is 2. The van der Waals surface area contributed by atoms with Crippen LogP contribution in [-0.2, 0) is 0 Å². The summed E-state index contributed by atoms with van der Waals surface area (Å²) in [7, 11) is 0. The highest BCUT2D eigenvalue weighted by Gasteiger charge is 2.18. The number of hydrogen-bond donors (Lipinski definition) is 2. The van der Waals surface area contributed by atoms with Crippen molar-refractivity contribution in [2.45, 2.75) is 25.9 Å². The minimum Gasteiger partial charge on any atom is -0.345 e. The number of benzene rings is 4. The molecule has 36 heavy (non-hydrogen) atoms. The Labute approximate surface area is 210 Å². The second kappa shape index (κ2) is 10.0. The predicted molar refractivity (Wildman–Crippen MR) is 144 cm³/mol. The molecule has 0 radical (unpaired) electrons. The smallest absolute Gasteiger partial charge is 0.270 e. The number of carbonyl (C=O) groups excluding carboxylic acids is 2. The first-order valence-electron chi connectivity index (χ1n) is 12.0. The van der Waals surface area contributed by atoms with Gasteiger partial charge >= 0.3 is 0 Å². The molecule has 5 nitrogen and oxygen atoms in total. The van der Waals surface area contributed by atoms with Crippen LogP contribution in [0.4, 0.5) is 0 Å². The van der Waals surface area contributed by atoms with Gasteiger partial charge in [0.15, 0.2) is 0 Å². The maximum atomic E-state index is 13.1. The first kappa shape index (κ1) is 23.2. The van der Waals surface area contributed by atoms with Crippen LogP contribution in [0.25, 0.3) is 21.5 Å².